The van der Waals surface area contributed by atoms with Crippen molar-refractivity contribution in [2.24, 2.45) is 5.92 Å². The maximum Gasteiger partial charge on any atom is 0.0198 e. The van der Waals surface area contributed by atoms with Crippen molar-refractivity contribution in [1.82, 2.24) is 5.32 Å². The highest BCUT2D eigenvalue weighted by atomic mass is 32.2. The second-order valence-corrected chi connectivity index (χ2v) is 6.42. The molecule has 1 N–H and O–H groups in total. The van der Waals surface area contributed by atoms with Crippen molar-refractivity contribution in [3.05, 3.63) is 0 Å². The SMILES string of the molecule is CSC1CCCC1NC1CCCCC1C. The van der Waals surface area contributed by atoms with E-state index in [1.807, 2.05) is 0 Å². The third kappa shape index (κ3) is 2.91. The Morgan fingerprint density at radius 2 is 1.67 bits per heavy atom. The molecule has 2 saturated carbocycles. The number of hydrogen-bond donors (Lipinski definition) is 1. The van der Waals surface area contributed by atoms with Crippen LogP contribution in [-0.4, -0.2) is 23.6 Å². The number of nitrogens with one attached hydrogen (secondary N) is 1. The van der Waals surface area contributed by atoms with E-state index in [4.69, 9.17) is 0 Å². The molecule has 0 radical (unpaired) electrons. The van der Waals surface area contributed by atoms with Crippen LogP contribution in [0.2, 0.25) is 0 Å². The van der Waals surface area contributed by atoms with Crippen molar-refractivity contribution in [3.8, 4) is 0 Å². The lowest BCUT2D eigenvalue weighted by Crippen LogP contribution is -2.45. The Bertz CT molecular complexity index is 195. The van der Waals surface area contributed by atoms with Gasteiger partial charge in [0, 0.05) is 17.3 Å². The molecule has 1 nitrogen and oxygen atoms in total. The van der Waals surface area contributed by atoms with Crippen molar-refractivity contribution in [1.29, 1.82) is 0 Å². The van der Waals surface area contributed by atoms with E-state index in [2.05, 4.69) is 30.3 Å². The molecule has 2 fully saturated rings. The van der Waals surface area contributed by atoms with Gasteiger partial charge in [0.15, 0.2) is 0 Å². The van der Waals surface area contributed by atoms with Gasteiger partial charge in [-0.15, -0.1) is 0 Å². The maximum absolute atomic E-state index is 3.95. The van der Waals surface area contributed by atoms with E-state index in [0.717, 1.165) is 23.3 Å². The largest absolute Gasteiger partial charge is 0.310 e. The third-order valence-corrected chi connectivity index (χ3v) is 5.46. The molecule has 88 valence electrons. The molecule has 2 heteroatoms. The van der Waals surface area contributed by atoms with Crippen LogP contribution in [-0.2, 0) is 0 Å². The molecule has 0 aromatic rings. The van der Waals surface area contributed by atoms with Crippen molar-refractivity contribution < 1.29 is 0 Å². The second-order valence-electron chi connectivity index (χ2n) is 5.35. The lowest BCUT2D eigenvalue weighted by Gasteiger charge is -2.33. The van der Waals surface area contributed by atoms with E-state index < -0.39 is 0 Å². The molecule has 0 amide bonds. The summed E-state index contributed by atoms with van der Waals surface area (Å²) in [6.45, 7) is 2.43. The second kappa shape index (κ2) is 5.58. The smallest absolute Gasteiger partial charge is 0.0198 e. The first-order valence-electron chi connectivity index (χ1n) is 6.60. The summed E-state index contributed by atoms with van der Waals surface area (Å²) in [7, 11) is 0. The normalized spacial score (nSPS) is 42.0. The molecule has 0 heterocycles. The van der Waals surface area contributed by atoms with Gasteiger partial charge in [0.25, 0.3) is 0 Å². The van der Waals surface area contributed by atoms with Crippen LogP contribution >= 0.6 is 11.8 Å². The Balaban J connectivity index is 1.84. The molecular formula is C13H25NS. The van der Waals surface area contributed by atoms with E-state index in [0.29, 0.717) is 0 Å². The lowest BCUT2D eigenvalue weighted by molar-refractivity contribution is 0.260. The summed E-state index contributed by atoms with van der Waals surface area (Å²) in [5.41, 5.74) is 0. The lowest BCUT2D eigenvalue weighted by atomic mass is 9.85. The number of rotatable bonds is 3. The molecule has 4 atom stereocenters. The van der Waals surface area contributed by atoms with Crippen molar-refractivity contribution in [3.63, 3.8) is 0 Å². The van der Waals surface area contributed by atoms with Crippen LogP contribution in [0.1, 0.15) is 51.9 Å². The van der Waals surface area contributed by atoms with E-state index >= 15 is 0 Å². The van der Waals surface area contributed by atoms with Crippen LogP contribution in [0.5, 0.6) is 0 Å². The fraction of sp³-hybridized carbons (Fsp3) is 1.00. The van der Waals surface area contributed by atoms with Crippen molar-refractivity contribution in [2.45, 2.75) is 69.2 Å². The van der Waals surface area contributed by atoms with Crippen LogP contribution in [0, 0.1) is 5.92 Å². The summed E-state index contributed by atoms with van der Waals surface area (Å²) >= 11 is 2.07. The Kier molecular flexibility index (Phi) is 4.39. The molecule has 0 aromatic heterocycles. The van der Waals surface area contributed by atoms with Gasteiger partial charge in [0.05, 0.1) is 0 Å². The van der Waals surface area contributed by atoms with Crippen LogP contribution in [0.25, 0.3) is 0 Å². The number of hydrogen-bond acceptors (Lipinski definition) is 2. The predicted molar refractivity (Wildman–Crippen MR) is 69.5 cm³/mol. The minimum Gasteiger partial charge on any atom is -0.310 e. The van der Waals surface area contributed by atoms with Gasteiger partial charge in [-0.2, -0.15) is 11.8 Å². The van der Waals surface area contributed by atoms with Gasteiger partial charge in [0.1, 0.15) is 0 Å². The molecular weight excluding hydrogens is 202 g/mol. The zero-order valence-corrected chi connectivity index (χ0v) is 11.0. The highest BCUT2D eigenvalue weighted by molar-refractivity contribution is 7.99. The highest BCUT2D eigenvalue weighted by Crippen LogP contribution is 2.31. The van der Waals surface area contributed by atoms with Gasteiger partial charge in [-0.25, -0.2) is 0 Å². The first-order chi connectivity index (χ1) is 7.31. The standard InChI is InChI=1S/C13H25NS/c1-10-6-3-4-7-11(10)14-12-8-5-9-13(12)15-2/h10-14H,3-9H2,1-2H3. The van der Waals surface area contributed by atoms with Crippen LogP contribution < -0.4 is 5.32 Å². The molecule has 0 spiro atoms. The first-order valence-corrected chi connectivity index (χ1v) is 7.89. The number of thioether (sulfide) groups is 1. The summed E-state index contributed by atoms with van der Waals surface area (Å²) in [5, 5.41) is 4.84. The molecule has 2 aliphatic rings. The van der Waals surface area contributed by atoms with Gasteiger partial charge >= 0.3 is 0 Å². The quantitative estimate of drug-likeness (QED) is 0.792. The average molecular weight is 227 g/mol. The molecule has 15 heavy (non-hydrogen) atoms. The summed E-state index contributed by atoms with van der Waals surface area (Å²) in [6, 6.07) is 1.63. The average Bonchev–Trinajstić information content (AvgIpc) is 2.69. The van der Waals surface area contributed by atoms with E-state index in [9.17, 15) is 0 Å². The van der Waals surface area contributed by atoms with Gasteiger partial charge in [-0.05, 0) is 37.9 Å². The highest BCUT2D eigenvalue weighted by Gasteiger charge is 2.30. The maximum atomic E-state index is 3.95. The van der Waals surface area contributed by atoms with Gasteiger partial charge < -0.3 is 5.32 Å². The third-order valence-electron chi connectivity index (χ3n) is 4.29. The van der Waals surface area contributed by atoms with Gasteiger partial charge in [0.2, 0.25) is 0 Å². The molecule has 0 bridgehead atoms. The predicted octanol–water partition coefficient (Wildman–Crippen LogP) is 3.44. The Hall–Kier alpha value is 0.310. The van der Waals surface area contributed by atoms with E-state index in [1.54, 1.807) is 0 Å². The minimum absolute atomic E-state index is 0.811. The Labute approximate surface area is 98.8 Å². The van der Waals surface area contributed by atoms with Gasteiger partial charge in [-0.3, -0.25) is 0 Å². The zero-order valence-electron chi connectivity index (χ0n) is 10.2. The van der Waals surface area contributed by atoms with Crippen LogP contribution in [0.3, 0.4) is 0 Å². The Morgan fingerprint density at radius 3 is 2.40 bits per heavy atom. The summed E-state index contributed by atoms with van der Waals surface area (Å²) in [4.78, 5) is 0. The molecule has 2 rings (SSSR count). The Morgan fingerprint density at radius 1 is 0.933 bits per heavy atom. The molecule has 2 aliphatic carbocycles. The molecule has 4 unspecified atom stereocenters. The summed E-state index contributed by atoms with van der Waals surface area (Å²) < 4.78 is 0. The molecule has 0 saturated heterocycles. The first kappa shape index (κ1) is 11.8. The van der Waals surface area contributed by atoms with Crippen molar-refractivity contribution in [2.75, 3.05) is 6.26 Å². The summed E-state index contributed by atoms with van der Waals surface area (Å²) in [6.07, 6.45) is 12.3. The monoisotopic (exact) mass is 227 g/mol. The van der Waals surface area contributed by atoms with Crippen LogP contribution in [0.15, 0.2) is 0 Å². The summed E-state index contributed by atoms with van der Waals surface area (Å²) in [5.74, 6) is 0.904. The minimum atomic E-state index is 0.811. The molecule has 0 aromatic carbocycles. The topological polar surface area (TPSA) is 12.0 Å². The van der Waals surface area contributed by atoms with Crippen molar-refractivity contribution >= 4 is 11.8 Å². The van der Waals surface area contributed by atoms with Crippen LogP contribution in [0.4, 0.5) is 0 Å². The fourth-order valence-electron chi connectivity index (χ4n) is 3.24. The zero-order chi connectivity index (χ0) is 10.7. The van der Waals surface area contributed by atoms with Gasteiger partial charge in [-0.1, -0.05) is 26.2 Å². The van der Waals surface area contributed by atoms with E-state index in [1.165, 1.54) is 44.9 Å². The fourth-order valence-corrected chi connectivity index (χ4v) is 4.18. The molecule has 0 aliphatic heterocycles. The van der Waals surface area contributed by atoms with E-state index in [-0.39, 0.29) is 0 Å².